The summed E-state index contributed by atoms with van der Waals surface area (Å²) >= 11 is -1.53. The summed E-state index contributed by atoms with van der Waals surface area (Å²) in [5.41, 5.74) is 1.67. The predicted octanol–water partition coefficient (Wildman–Crippen LogP) is 5.52. The maximum atomic E-state index is 5.90. The molecule has 1 aliphatic rings. The molecule has 0 heterocycles. The van der Waals surface area contributed by atoms with Crippen LogP contribution >= 0.6 is 0 Å². The van der Waals surface area contributed by atoms with E-state index in [1.54, 1.807) is 5.57 Å². The summed E-state index contributed by atoms with van der Waals surface area (Å²) in [5, 5.41) is 7.52. The first-order chi connectivity index (χ1) is 8.26. The van der Waals surface area contributed by atoms with Crippen molar-refractivity contribution in [3.63, 3.8) is 0 Å². The van der Waals surface area contributed by atoms with E-state index in [-0.39, 0.29) is 0 Å². The molecule has 0 N–H and O–H groups in total. The summed E-state index contributed by atoms with van der Waals surface area (Å²) in [6.07, 6.45) is 8.57. The molecule has 0 aromatic heterocycles. The van der Waals surface area contributed by atoms with Crippen molar-refractivity contribution in [2.45, 2.75) is 61.3 Å². The van der Waals surface area contributed by atoms with Crippen molar-refractivity contribution in [1.82, 2.24) is 0 Å². The zero-order chi connectivity index (χ0) is 13.8. The first-order valence-electron chi connectivity index (χ1n) is 6.65. The Labute approximate surface area is 118 Å². The summed E-state index contributed by atoms with van der Waals surface area (Å²) in [6.45, 7) is 7.68. The topological polar surface area (TPSA) is 9.23 Å². The molecular weight excluding hydrogens is 419 g/mol. The zero-order valence-corrected chi connectivity index (χ0v) is 16.2. The van der Waals surface area contributed by atoms with Crippen molar-refractivity contribution in [2.75, 3.05) is 6.61 Å². The van der Waals surface area contributed by atoms with Gasteiger partial charge >= 0.3 is 118 Å². The van der Waals surface area contributed by atoms with Crippen molar-refractivity contribution >= 4 is 8.32 Å². The molecule has 0 bridgehead atoms. The van der Waals surface area contributed by atoms with E-state index in [1.807, 2.05) is 3.96 Å². The molecule has 110 valence electrons. The van der Waals surface area contributed by atoms with Gasteiger partial charge in [0.1, 0.15) is 0 Å². The normalized spacial score (nSPS) is 17.7. The predicted molar refractivity (Wildman–Crippen MR) is 81.5 cm³/mol. The summed E-state index contributed by atoms with van der Waals surface area (Å²) in [4.78, 5) is 0. The molecule has 1 rings (SSSR count). The molecule has 0 saturated carbocycles. The van der Waals surface area contributed by atoms with Crippen molar-refractivity contribution in [1.29, 1.82) is 0 Å². The Bertz CT molecular complexity index is 337. The maximum absolute atomic E-state index is 5.90. The molecule has 1 aliphatic carbocycles. The first kappa shape index (κ1) is 16.4. The summed E-state index contributed by atoms with van der Waals surface area (Å²) in [6, 6.07) is 1.29. The third-order valence-electron chi connectivity index (χ3n) is 3.26. The van der Waals surface area contributed by atoms with Gasteiger partial charge in [-0.3, -0.25) is 0 Å². The average Bonchev–Trinajstić information content (AvgIpc) is 2.64. The Morgan fingerprint density at radius 3 is 2.50 bits per heavy atom. The first-order valence-corrected chi connectivity index (χ1v) is 17.7. The van der Waals surface area contributed by atoms with Crippen molar-refractivity contribution < 1.29 is 20.5 Å². The summed E-state index contributed by atoms with van der Waals surface area (Å²) < 4.78 is 7.72. The van der Waals surface area contributed by atoms with Gasteiger partial charge in [-0.2, -0.15) is 0 Å². The van der Waals surface area contributed by atoms with Crippen molar-refractivity contribution in [3.8, 4) is 0 Å². The van der Waals surface area contributed by atoms with Crippen LogP contribution in [0.15, 0.2) is 21.7 Å². The van der Waals surface area contributed by atoms with E-state index in [0.717, 1.165) is 6.61 Å². The van der Waals surface area contributed by atoms with Crippen LogP contribution in [0.3, 0.4) is 0 Å². The quantitative estimate of drug-likeness (QED) is 0.465. The van der Waals surface area contributed by atoms with Crippen LogP contribution in [0.4, 0.5) is 0 Å². The molecule has 0 fully saturated rings. The third kappa shape index (κ3) is 5.15. The van der Waals surface area contributed by atoms with E-state index in [2.05, 4.69) is 48.1 Å². The van der Waals surface area contributed by atoms with Crippen LogP contribution in [-0.2, 0) is 20.5 Å². The van der Waals surface area contributed by atoms with Crippen LogP contribution in [-0.4, -0.2) is 14.9 Å². The number of rotatable bonds is 7. The Morgan fingerprint density at radius 2 is 1.94 bits per heavy atom. The molecule has 0 radical (unpaired) electrons. The monoisotopic (exact) mass is 449 g/mol. The number of hydrogen-bond acceptors (Lipinski definition) is 1. The fourth-order valence-corrected chi connectivity index (χ4v) is 8.67. The molecule has 3 heteroatoms. The molecular formula is C15H30OPtSi. The second-order valence-electron chi connectivity index (χ2n) is 5.97. The van der Waals surface area contributed by atoms with Gasteiger partial charge in [-0.1, -0.05) is 0 Å². The van der Waals surface area contributed by atoms with Gasteiger partial charge in [-0.25, -0.2) is 0 Å². The molecule has 0 amide bonds. The molecule has 0 aliphatic heterocycles. The average molecular weight is 450 g/mol. The van der Waals surface area contributed by atoms with Gasteiger partial charge in [0, 0.05) is 0 Å². The van der Waals surface area contributed by atoms with E-state index in [4.69, 9.17) is 4.43 Å². The summed E-state index contributed by atoms with van der Waals surface area (Å²) in [7, 11) is -1.38. The van der Waals surface area contributed by atoms with Crippen LogP contribution in [0, 0.1) is 0 Å². The van der Waals surface area contributed by atoms with Gasteiger partial charge < -0.3 is 0 Å². The van der Waals surface area contributed by atoms with E-state index >= 15 is 0 Å². The molecule has 0 spiro atoms. The number of hydrogen-bond donors (Lipinski definition) is 0. The molecule has 0 aromatic carbocycles. The van der Waals surface area contributed by atoms with E-state index < -0.39 is 24.4 Å². The molecule has 18 heavy (non-hydrogen) atoms. The van der Waals surface area contributed by atoms with Crippen LogP contribution in [0.1, 0.15) is 26.2 Å². The van der Waals surface area contributed by atoms with Gasteiger partial charge in [0.05, 0.1) is 0 Å². The third-order valence-corrected chi connectivity index (χ3v) is 11.2. The summed E-state index contributed by atoms with van der Waals surface area (Å²) in [5.74, 6) is 0. The van der Waals surface area contributed by atoms with Gasteiger partial charge in [0.25, 0.3) is 0 Å². The van der Waals surface area contributed by atoms with Gasteiger partial charge in [-0.15, -0.1) is 0 Å². The van der Waals surface area contributed by atoms with Crippen LogP contribution in [0.25, 0.3) is 0 Å². The molecule has 0 atom stereocenters. The fraction of sp³-hybridized carbons (Fsp3) is 0.733. The van der Waals surface area contributed by atoms with Gasteiger partial charge in [0.2, 0.25) is 0 Å². The minimum absolute atomic E-state index is 0.879. The molecule has 1 nitrogen and oxygen atoms in total. The minimum atomic E-state index is -1.53. The van der Waals surface area contributed by atoms with Crippen molar-refractivity contribution in [2.24, 2.45) is 0 Å². The van der Waals surface area contributed by atoms with Crippen molar-refractivity contribution in [3.05, 3.63) is 21.7 Å². The van der Waals surface area contributed by atoms with Gasteiger partial charge in [0.15, 0.2) is 0 Å². The Morgan fingerprint density at radius 1 is 1.28 bits per heavy atom. The van der Waals surface area contributed by atoms with E-state index in [9.17, 15) is 0 Å². The molecule has 0 saturated heterocycles. The number of allylic oxidation sites excluding steroid dienone is 4. The fourth-order valence-electron chi connectivity index (χ4n) is 2.39. The van der Waals surface area contributed by atoms with Crippen LogP contribution < -0.4 is 0 Å². The van der Waals surface area contributed by atoms with Crippen LogP contribution in [0.5, 0.6) is 0 Å². The SMILES string of the molecule is CCO[Si](C)(C)CCCC1=[C]([Pt]([CH3])([CH3])[CH3])CC=C1. The molecule has 0 unspecified atom stereocenters. The molecule has 0 aromatic rings. The van der Waals surface area contributed by atoms with E-state index in [0.29, 0.717) is 0 Å². The Balaban J connectivity index is 2.51. The van der Waals surface area contributed by atoms with E-state index in [1.165, 1.54) is 25.3 Å². The van der Waals surface area contributed by atoms with Gasteiger partial charge in [-0.05, 0) is 0 Å². The Kier molecular flexibility index (Phi) is 6.08. The van der Waals surface area contributed by atoms with Crippen LogP contribution in [0.2, 0.25) is 35.1 Å². The second kappa shape index (κ2) is 6.68. The zero-order valence-electron chi connectivity index (χ0n) is 12.9. The standard InChI is InChI=1S/C12H21OSi.3CH3.Pt/c1-4-13-14(2,3)11-7-10-12-8-5-6-9-12;;;;/h5,8H,4,6-7,10-11H2,1-3H3;3*1H3;. The Hall–Kier alpha value is 0.345. The second-order valence-corrected chi connectivity index (χ2v) is 21.9.